The largest absolute Gasteiger partial charge is 0.449 e. The summed E-state index contributed by atoms with van der Waals surface area (Å²) in [6.07, 6.45) is -0.664. The molecule has 0 heterocycles. The molecular formula is C12H16N2O3S. The molecule has 6 heteroatoms. The highest BCUT2D eigenvalue weighted by molar-refractivity contribution is 8.00. The van der Waals surface area contributed by atoms with Gasteiger partial charge < -0.3 is 4.74 Å². The molecule has 98 valence electrons. The van der Waals surface area contributed by atoms with E-state index in [1.165, 1.54) is 11.8 Å². The predicted molar refractivity (Wildman–Crippen MR) is 70.1 cm³/mol. The first kappa shape index (κ1) is 14.4. The lowest BCUT2D eigenvalue weighted by atomic mass is 10.4. The molecule has 1 atom stereocenters. The van der Waals surface area contributed by atoms with Crippen molar-refractivity contribution >= 4 is 23.8 Å². The third-order valence-corrected chi connectivity index (χ3v) is 3.10. The van der Waals surface area contributed by atoms with Gasteiger partial charge in [0.25, 0.3) is 5.91 Å². The van der Waals surface area contributed by atoms with Crippen molar-refractivity contribution in [1.82, 2.24) is 10.9 Å². The normalized spacial score (nSPS) is 11.4. The van der Waals surface area contributed by atoms with E-state index in [9.17, 15) is 9.59 Å². The van der Waals surface area contributed by atoms with E-state index in [2.05, 4.69) is 15.6 Å². The van der Waals surface area contributed by atoms with Gasteiger partial charge in [0.1, 0.15) is 0 Å². The fourth-order valence-corrected chi connectivity index (χ4v) is 2.03. The number of benzene rings is 1. The minimum absolute atomic E-state index is 0.260. The third kappa shape index (κ3) is 5.09. The standard InChI is InChI=1S/C12H16N2O3S/c1-3-17-12(16)14-13-11(15)9(2)18-10-7-5-4-6-8-10/h4-9H,3H2,1-2H3,(H,13,15)(H,14,16). The summed E-state index contributed by atoms with van der Waals surface area (Å²) in [6.45, 7) is 3.71. The van der Waals surface area contributed by atoms with Crippen LogP contribution in [0, 0.1) is 0 Å². The van der Waals surface area contributed by atoms with E-state index in [-0.39, 0.29) is 17.8 Å². The summed E-state index contributed by atoms with van der Waals surface area (Å²) in [4.78, 5) is 23.6. The zero-order valence-corrected chi connectivity index (χ0v) is 11.1. The molecule has 0 saturated carbocycles. The maximum absolute atomic E-state index is 11.7. The molecule has 0 bridgehead atoms. The van der Waals surface area contributed by atoms with Gasteiger partial charge in [0.2, 0.25) is 0 Å². The van der Waals surface area contributed by atoms with Gasteiger partial charge in [0.15, 0.2) is 0 Å². The molecule has 2 N–H and O–H groups in total. The molecule has 1 unspecified atom stereocenters. The molecule has 1 aromatic rings. The molecule has 5 nitrogen and oxygen atoms in total. The predicted octanol–water partition coefficient (Wildman–Crippen LogP) is 1.94. The minimum atomic E-state index is -0.664. The van der Waals surface area contributed by atoms with Crippen molar-refractivity contribution in [2.45, 2.75) is 24.0 Å². The molecule has 18 heavy (non-hydrogen) atoms. The zero-order chi connectivity index (χ0) is 13.4. The Morgan fingerprint density at radius 2 is 1.94 bits per heavy atom. The van der Waals surface area contributed by atoms with E-state index in [4.69, 9.17) is 0 Å². The molecule has 0 aromatic heterocycles. The molecule has 2 amide bonds. The van der Waals surface area contributed by atoms with Crippen LogP contribution in [0.15, 0.2) is 35.2 Å². The first-order valence-corrected chi connectivity index (χ1v) is 6.45. The van der Waals surface area contributed by atoms with E-state index >= 15 is 0 Å². The van der Waals surface area contributed by atoms with E-state index in [0.717, 1.165) is 4.90 Å². The van der Waals surface area contributed by atoms with Gasteiger partial charge in [-0.1, -0.05) is 18.2 Å². The van der Waals surface area contributed by atoms with Gasteiger partial charge in [-0.3, -0.25) is 10.2 Å². The van der Waals surface area contributed by atoms with Crippen LogP contribution in [0.5, 0.6) is 0 Å². The topological polar surface area (TPSA) is 67.4 Å². The van der Waals surface area contributed by atoms with Crippen molar-refractivity contribution in [2.75, 3.05) is 6.61 Å². The van der Waals surface area contributed by atoms with E-state index < -0.39 is 6.09 Å². The summed E-state index contributed by atoms with van der Waals surface area (Å²) in [5, 5.41) is -0.311. The van der Waals surface area contributed by atoms with Crippen LogP contribution in [-0.4, -0.2) is 23.9 Å². The zero-order valence-electron chi connectivity index (χ0n) is 10.3. The Labute approximate surface area is 110 Å². The second-order valence-electron chi connectivity index (χ2n) is 3.41. The number of hydrazine groups is 1. The molecule has 0 aliphatic carbocycles. The number of hydrogen-bond acceptors (Lipinski definition) is 4. The maximum atomic E-state index is 11.7. The van der Waals surface area contributed by atoms with Crippen molar-refractivity contribution in [2.24, 2.45) is 0 Å². The molecule has 0 spiro atoms. The lowest BCUT2D eigenvalue weighted by molar-refractivity contribution is -0.121. The van der Waals surface area contributed by atoms with Gasteiger partial charge in [-0.2, -0.15) is 0 Å². The second kappa shape index (κ2) is 7.60. The highest BCUT2D eigenvalue weighted by atomic mass is 32.2. The Balaban J connectivity index is 2.35. The SMILES string of the molecule is CCOC(=O)NNC(=O)C(C)Sc1ccccc1. The van der Waals surface area contributed by atoms with Crippen LogP contribution in [0.3, 0.4) is 0 Å². The lowest BCUT2D eigenvalue weighted by Gasteiger charge is -2.12. The minimum Gasteiger partial charge on any atom is -0.449 e. The molecule has 1 rings (SSSR count). The highest BCUT2D eigenvalue weighted by Gasteiger charge is 2.14. The number of hydrogen-bond donors (Lipinski definition) is 2. The first-order chi connectivity index (χ1) is 8.63. The Kier molecular flexibility index (Phi) is 6.07. The molecule has 1 aromatic carbocycles. The van der Waals surface area contributed by atoms with Crippen LogP contribution in [0.25, 0.3) is 0 Å². The summed E-state index contributed by atoms with van der Waals surface area (Å²) in [5.41, 5.74) is 4.48. The van der Waals surface area contributed by atoms with Crippen molar-refractivity contribution < 1.29 is 14.3 Å². The number of thioether (sulfide) groups is 1. The Hall–Kier alpha value is -1.69. The second-order valence-corrected chi connectivity index (χ2v) is 4.82. The van der Waals surface area contributed by atoms with Crippen molar-refractivity contribution in [3.05, 3.63) is 30.3 Å². The fraction of sp³-hybridized carbons (Fsp3) is 0.333. The van der Waals surface area contributed by atoms with Crippen LogP contribution >= 0.6 is 11.8 Å². The van der Waals surface area contributed by atoms with Crippen LogP contribution in [0.2, 0.25) is 0 Å². The summed E-state index contributed by atoms with van der Waals surface area (Å²) < 4.78 is 4.62. The van der Waals surface area contributed by atoms with E-state index in [0.29, 0.717) is 0 Å². The number of carbonyl (C=O) groups is 2. The molecule has 0 aliphatic heterocycles. The van der Waals surface area contributed by atoms with Gasteiger partial charge in [-0.05, 0) is 26.0 Å². The number of rotatable bonds is 4. The monoisotopic (exact) mass is 268 g/mol. The first-order valence-electron chi connectivity index (χ1n) is 5.57. The lowest BCUT2D eigenvalue weighted by Crippen LogP contribution is -2.45. The Morgan fingerprint density at radius 3 is 2.56 bits per heavy atom. The number of ether oxygens (including phenoxy) is 1. The molecular weight excluding hydrogens is 252 g/mol. The van der Waals surface area contributed by atoms with E-state index in [1.54, 1.807) is 13.8 Å². The van der Waals surface area contributed by atoms with Gasteiger partial charge in [0, 0.05) is 4.90 Å². The fourth-order valence-electron chi connectivity index (χ4n) is 1.14. The summed E-state index contributed by atoms with van der Waals surface area (Å²) in [7, 11) is 0. The molecule has 0 saturated heterocycles. The van der Waals surface area contributed by atoms with Gasteiger partial charge in [-0.25, -0.2) is 10.2 Å². The molecule has 0 fully saturated rings. The quantitative estimate of drug-likeness (QED) is 0.647. The van der Waals surface area contributed by atoms with Gasteiger partial charge >= 0.3 is 6.09 Å². The highest BCUT2D eigenvalue weighted by Crippen LogP contribution is 2.22. The summed E-state index contributed by atoms with van der Waals surface area (Å²) in [5.74, 6) is -0.281. The van der Waals surface area contributed by atoms with Gasteiger partial charge in [0.05, 0.1) is 11.9 Å². The molecule has 0 radical (unpaired) electrons. The van der Waals surface area contributed by atoms with E-state index in [1.807, 2.05) is 30.3 Å². The van der Waals surface area contributed by atoms with Crippen molar-refractivity contribution in [3.8, 4) is 0 Å². The van der Waals surface area contributed by atoms with Crippen LogP contribution < -0.4 is 10.9 Å². The number of amides is 2. The van der Waals surface area contributed by atoms with Crippen LogP contribution in [0.1, 0.15) is 13.8 Å². The smallest absolute Gasteiger partial charge is 0.426 e. The Morgan fingerprint density at radius 1 is 1.28 bits per heavy atom. The average Bonchev–Trinajstić information content (AvgIpc) is 2.37. The van der Waals surface area contributed by atoms with Gasteiger partial charge in [-0.15, -0.1) is 11.8 Å². The number of nitrogens with one attached hydrogen (secondary N) is 2. The maximum Gasteiger partial charge on any atom is 0.426 e. The summed E-state index contributed by atoms with van der Waals surface area (Å²) >= 11 is 1.41. The third-order valence-electron chi connectivity index (χ3n) is 1.99. The average molecular weight is 268 g/mol. The van der Waals surface area contributed by atoms with Crippen LogP contribution in [0.4, 0.5) is 4.79 Å². The Bertz CT molecular complexity index is 398. The van der Waals surface area contributed by atoms with Crippen LogP contribution in [-0.2, 0) is 9.53 Å². The summed E-state index contributed by atoms with van der Waals surface area (Å²) in [6, 6.07) is 9.57. The van der Waals surface area contributed by atoms with Crippen molar-refractivity contribution in [1.29, 1.82) is 0 Å². The number of carbonyl (C=O) groups excluding carboxylic acids is 2. The molecule has 0 aliphatic rings. The van der Waals surface area contributed by atoms with Crippen molar-refractivity contribution in [3.63, 3.8) is 0 Å².